The number of unbranched alkanes of at least 4 members (excludes halogenated alkanes) is 7. The zero-order chi connectivity index (χ0) is 22.6. The Morgan fingerprint density at radius 3 is 2.13 bits per heavy atom. The third-order valence-electron chi connectivity index (χ3n) is 4.94. The summed E-state index contributed by atoms with van der Waals surface area (Å²) in [7, 11) is -4.59. The molecular formula is C19H37NaO10S. The Hall–Kier alpha value is 0.630. The van der Waals surface area contributed by atoms with Crippen molar-refractivity contribution in [3.05, 3.63) is 0 Å². The van der Waals surface area contributed by atoms with Gasteiger partial charge in [0.05, 0.1) is 35.2 Å². The van der Waals surface area contributed by atoms with E-state index in [1.165, 1.54) is 32.1 Å². The van der Waals surface area contributed by atoms with E-state index in [9.17, 15) is 33.4 Å². The van der Waals surface area contributed by atoms with Crippen LogP contribution in [0.25, 0.3) is 0 Å². The largest absolute Gasteiger partial charge is 1.00 e. The zero-order valence-corrected chi connectivity index (χ0v) is 21.4. The molecule has 1 rings (SSSR count). The predicted octanol–water partition coefficient (Wildman–Crippen LogP) is -3.12. The minimum Gasteiger partial charge on any atom is -0.748 e. The third-order valence-corrected chi connectivity index (χ3v) is 5.73. The van der Waals surface area contributed by atoms with Crippen LogP contribution >= 0.6 is 0 Å². The van der Waals surface area contributed by atoms with Crippen molar-refractivity contribution in [1.29, 1.82) is 0 Å². The molecule has 1 saturated heterocycles. The maximum absolute atomic E-state index is 10.6. The molecule has 0 saturated carbocycles. The van der Waals surface area contributed by atoms with Gasteiger partial charge >= 0.3 is 29.6 Å². The number of aliphatic hydroxyl groups excluding tert-OH is 4. The molecule has 1 aliphatic heterocycles. The molecule has 0 aromatic heterocycles. The van der Waals surface area contributed by atoms with E-state index in [-0.39, 0.29) is 36.2 Å². The van der Waals surface area contributed by atoms with Crippen molar-refractivity contribution in [3.8, 4) is 0 Å². The molecular weight excluding hydrogens is 443 g/mol. The van der Waals surface area contributed by atoms with Crippen molar-refractivity contribution in [3.63, 3.8) is 0 Å². The Balaban J connectivity index is 0.00000900. The van der Waals surface area contributed by atoms with E-state index in [4.69, 9.17) is 14.2 Å². The van der Waals surface area contributed by atoms with E-state index >= 15 is 0 Å². The molecule has 2 unspecified atom stereocenters. The minimum atomic E-state index is -4.59. The molecule has 1 fully saturated rings. The summed E-state index contributed by atoms with van der Waals surface area (Å²) in [4.78, 5) is 0. The molecule has 4 N–H and O–H groups in total. The van der Waals surface area contributed by atoms with Gasteiger partial charge in [0.15, 0.2) is 6.29 Å². The van der Waals surface area contributed by atoms with Crippen LogP contribution in [0.2, 0.25) is 0 Å². The fraction of sp³-hybridized carbons (Fsp3) is 1.00. The molecule has 0 amide bonds. The van der Waals surface area contributed by atoms with Gasteiger partial charge in [-0.3, -0.25) is 0 Å². The molecule has 6 atom stereocenters. The molecule has 180 valence electrons. The number of rotatable bonds is 16. The first-order valence-electron chi connectivity index (χ1n) is 10.7. The second kappa shape index (κ2) is 17.1. The summed E-state index contributed by atoms with van der Waals surface area (Å²) >= 11 is 0. The summed E-state index contributed by atoms with van der Waals surface area (Å²) in [5.41, 5.74) is 0. The molecule has 0 spiro atoms. The molecule has 1 heterocycles. The van der Waals surface area contributed by atoms with E-state index in [1.807, 2.05) is 0 Å². The first-order chi connectivity index (χ1) is 14.2. The van der Waals surface area contributed by atoms with Gasteiger partial charge in [-0.05, 0) is 6.42 Å². The van der Waals surface area contributed by atoms with E-state index in [0.29, 0.717) is 6.61 Å². The van der Waals surface area contributed by atoms with Crippen LogP contribution in [0.4, 0.5) is 0 Å². The van der Waals surface area contributed by atoms with E-state index in [2.05, 4.69) is 6.92 Å². The van der Waals surface area contributed by atoms with Crippen LogP contribution in [-0.4, -0.2) is 95.8 Å². The predicted molar refractivity (Wildman–Crippen MR) is 107 cm³/mol. The standard InChI is InChI=1S/C19H38O10S.Na/c1-2-3-4-5-6-7-8-9-10-28-19-18(23)17(22)16(21)15(29-19)12-27-11-14(20)13-30(24,25)26;/h14-23H,2-13H2,1H3,(H,24,25,26);/q;+1/p-1/t14?,15-,16-,17+,18-,19?;/m1./s1. The van der Waals surface area contributed by atoms with E-state index < -0.39 is 59.3 Å². The molecule has 0 aliphatic carbocycles. The minimum absolute atomic E-state index is 0. The fourth-order valence-electron chi connectivity index (χ4n) is 3.23. The van der Waals surface area contributed by atoms with Crippen LogP contribution in [0.5, 0.6) is 0 Å². The Labute approximate surface area is 207 Å². The number of hydrogen-bond donors (Lipinski definition) is 4. The smallest absolute Gasteiger partial charge is 0.748 e. The van der Waals surface area contributed by atoms with Crippen molar-refractivity contribution in [2.45, 2.75) is 95.1 Å². The van der Waals surface area contributed by atoms with Gasteiger partial charge in [-0.25, -0.2) is 8.42 Å². The van der Waals surface area contributed by atoms with Gasteiger partial charge in [0.1, 0.15) is 24.4 Å². The fourth-order valence-corrected chi connectivity index (χ4v) is 3.80. The summed E-state index contributed by atoms with van der Waals surface area (Å²) in [5, 5.41) is 39.5. The van der Waals surface area contributed by atoms with Crippen LogP contribution in [-0.2, 0) is 24.3 Å². The van der Waals surface area contributed by atoms with Gasteiger partial charge in [0, 0.05) is 6.61 Å². The maximum Gasteiger partial charge on any atom is 1.00 e. The average molecular weight is 481 g/mol. The van der Waals surface area contributed by atoms with Gasteiger partial charge in [-0.2, -0.15) is 0 Å². The Morgan fingerprint density at radius 2 is 1.55 bits per heavy atom. The normalized spacial score (nSPS) is 27.6. The molecule has 12 heteroatoms. The Bertz CT molecular complexity index is 550. The second-order valence-corrected chi connectivity index (χ2v) is 9.22. The number of ether oxygens (including phenoxy) is 3. The number of aliphatic hydroxyl groups is 4. The van der Waals surface area contributed by atoms with Crippen LogP contribution < -0.4 is 29.6 Å². The first-order valence-corrected chi connectivity index (χ1v) is 12.2. The van der Waals surface area contributed by atoms with Crippen molar-refractivity contribution < 1.29 is 77.2 Å². The van der Waals surface area contributed by atoms with E-state index in [0.717, 1.165) is 19.3 Å². The summed E-state index contributed by atoms with van der Waals surface area (Å²) < 4.78 is 47.9. The summed E-state index contributed by atoms with van der Waals surface area (Å²) in [6, 6.07) is 0. The molecule has 0 aromatic carbocycles. The summed E-state index contributed by atoms with van der Waals surface area (Å²) in [5.74, 6) is -0.993. The Kier molecular flexibility index (Phi) is 17.5. The molecule has 0 aromatic rings. The summed E-state index contributed by atoms with van der Waals surface area (Å²) in [6.45, 7) is 1.75. The molecule has 0 bridgehead atoms. The van der Waals surface area contributed by atoms with Gasteiger partial charge in [0.2, 0.25) is 0 Å². The monoisotopic (exact) mass is 480 g/mol. The topological polar surface area (TPSA) is 166 Å². The van der Waals surface area contributed by atoms with Crippen molar-refractivity contribution in [2.24, 2.45) is 0 Å². The van der Waals surface area contributed by atoms with Gasteiger partial charge in [0.25, 0.3) is 0 Å². The van der Waals surface area contributed by atoms with Crippen molar-refractivity contribution >= 4 is 10.1 Å². The number of hydrogen-bond acceptors (Lipinski definition) is 10. The van der Waals surface area contributed by atoms with Crippen molar-refractivity contribution in [2.75, 3.05) is 25.6 Å². The maximum atomic E-state index is 10.6. The molecule has 0 radical (unpaired) electrons. The summed E-state index contributed by atoms with van der Waals surface area (Å²) in [6.07, 6.45) is 0.864. The second-order valence-electron chi connectivity index (χ2n) is 7.78. The van der Waals surface area contributed by atoms with Gasteiger partial charge in [-0.15, -0.1) is 0 Å². The van der Waals surface area contributed by atoms with Crippen LogP contribution in [0, 0.1) is 0 Å². The average Bonchev–Trinajstić information content (AvgIpc) is 2.66. The molecule has 31 heavy (non-hydrogen) atoms. The molecule has 1 aliphatic rings. The van der Waals surface area contributed by atoms with Crippen LogP contribution in [0.1, 0.15) is 58.3 Å². The zero-order valence-electron chi connectivity index (χ0n) is 18.6. The molecule has 10 nitrogen and oxygen atoms in total. The SMILES string of the molecule is CCCCCCCCCCOC1O[C@H](COCC(O)CS(=O)(=O)[O-])[C@@H](O)[C@H](O)[C@H]1O.[Na+]. The van der Waals surface area contributed by atoms with E-state index in [1.54, 1.807) is 0 Å². The van der Waals surface area contributed by atoms with Gasteiger partial charge in [-0.1, -0.05) is 51.9 Å². The Morgan fingerprint density at radius 1 is 0.968 bits per heavy atom. The van der Waals surface area contributed by atoms with Crippen molar-refractivity contribution in [1.82, 2.24) is 0 Å². The van der Waals surface area contributed by atoms with Gasteiger partial charge < -0.3 is 39.2 Å². The van der Waals surface area contributed by atoms with Crippen LogP contribution in [0.15, 0.2) is 0 Å². The first kappa shape index (κ1) is 31.6. The van der Waals surface area contributed by atoms with Crippen LogP contribution in [0.3, 0.4) is 0 Å². The third kappa shape index (κ3) is 13.8. The quantitative estimate of drug-likeness (QED) is 0.101.